The maximum atomic E-state index is 11.7. The van der Waals surface area contributed by atoms with Gasteiger partial charge in [0.1, 0.15) is 0 Å². The summed E-state index contributed by atoms with van der Waals surface area (Å²) in [6.07, 6.45) is 1.10. The van der Waals surface area contributed by atoms with E-state index in [9.17, 15) is 14.7 Å². The second-order valence-electron chi connectivity index (χ2n) is 3.68. The first kappa shape index (κ1) is 13.8. The SMILES string of the molecule is COc1ccnc(C(=O)N[C@@H](C)CC(=O)O)c1O. The minimum Gasteiger partial charge on any atom is -0.503 e. The van der Waals surface area contributed by atoms with Gasteiger partial charge in [-0.25, -0.2) is 4.98 Å². The van der Waals surface area contributed by atoms with Gasteiger partial charge in [0.05, 0.1) is 13.5 Å². The van der Waals surface area contributed by atoms with Crippen LogP contribution in [0.25, 0.3) is 0 Å². The van der Waals surface area contributed by atoms with Gasteiger partial charge >= 0.3 is 5.97 Å². The average molecular weight is 254 g/mol. The molecule has 0 spiro atoms. The lowest BCUT2D eigenvalue weighted by atomic mass is 10.2. The van der Waals surface area contributed by atoms with Crippen molar-refractivity contribution in [1.29, 1.82) is 0 Å². The van der Waals surface area contributed by atoms with E-state index in [2.05, 4.69) is 10.3 Å². The summed E-state index contributed by atoms with van der Waals surface area (Å²) in [5, 5.41) is 20.7. The molecule has 0 bridgehead atoms. The van der Waals surface area contributed by atoms with Crippen molar-refractivity contribution < 1.29 is 24.5 Å². The van der Waals surface area contributed by atoms with Crippen LogP contribution in [0, 0.1) is 0 Å². The minimum atomic E-state index is -1.02. The number of aromatic nitrogens is 1. The number of carboxylic acids is 1. The van der Waals surface area contributed by atoms with Gasteiger partial charge in [-0.2, -0.15) is 0 Å². The number of hydrogen-bond acceptors (Lipinski definition) is 5. The molecule has 1 amide bonds. The number of nitrogens with zero attached hydrogens (tertiary/aromatic N) is 1. The third-order valence-electron chi connectivity index (χ3n) is 2.18. The third-order valence-corrected chi connectivity index (χ3v) is 2.18. The Kier molecular flexibility index (Phi) is 4.47. The maximum Gasteiger partial charge on any atom is 0.305 e. The van der Waals surface area contributed by atoms with Crippen molar-refractivity contribution in [1.82, 2.24) is 10.3 Å². The number of carbonyl (C=O) groups excluding carboxylic acids is 1. The van der Waals surface area contributed by atoms with Gasteiger partial charge in [-0.3, -0.25) is 9.59 Å². The van der Waals surface area contributed by atoms with Gasteiger partial charge in [-0.15, -0.1) is 0 Å². The Hall–Kier alpha value is -2.31. The first-order valence-electron chi connectivity index (χ1n) is 5.20. The number of carboxylic acid groups (broad SMARTS) is 1. The number of aromatic hydroxyl groups is 1. The Balaban J connectivity index is 2.81. The molecule has 0 aliphatic carbocycles. The van der Waals surface area contributed by atoms with Gasteiger partial charge < -0.3 is 20.3 Å². The zero-order chi connectivity index (χ0) is 13.7. The third kappa shape index (κ3) is 3.34. The van der Waals surface area contributed by atoms with Crippen LogP contribution in [0.15, 0.2) is 12.3 Å². The number of methoxy groups -OCH3 is 1. The van der Waals surface area contributed by atoms with Crippen LogP contribution in [0.4, 0.5) is 0 Å². The number of carbonyl (C=O) groups is 2. The lowest BCUT2D eigenvalue weighted by Crippen LogP contribution is -2.34. The Bertz CT molecular complexity index is 461. The monoisotopic (exact) mass is 254 g/mol. The van der Waals surface area contributed by atoms with Crippen molar-refractivity contribution in [3.8, 4) is 11.5 Å². The molecule has 7 heteroatoms. The largest absolute Gasteiger partial charge is 0.503 e. The summed E-state index contributed by atoms with van der Waals surface area (Å²) in [6.45, 7) is 1.54. The van der Waals surface area contributed by atoms with Crippen molar-refractivity contribution in [3.05, 3.63) is 18.0 Å². The smallest absolute Gasteiger partial charge is 0.305 e. The Labute approximate surface area is 103 Å². The summed E-state index contributed by atoms with van der Waals surface area (Å²) in [5.74, 6) is -1.92. The van der Waals surface area contributed by atoms with Crippen LogP contribution in [0.5, 0.6) is 11.5 Å². The standard InChI is InChI=1S/C11H14N2O5/c1-6(5-8(14)15)13-11(17)9-10(16)7(18-2)3-4-12-9/h3-4,6,16H,5H2,1-2H3,(H,13,17)(H,14,15)/t6-/m0/s1. The molecule has 0 saturated heterocycles. The molecule has 0 fully saturated rings. The van der Waals surface area contributed by atoms with E-state index in [1.807, 2.05) is 0 Å². The van der Waals surface area contributed by atoms with Crippen molar-refractivity contribution in [2.75, 3.05) is 7.11 Å². The van der Waals surface area contributed by atoms with Crippen molar-refractivity contribution in [2.45, 2.75) is 19.4 Å². The van der Waals surface area contributed by atoms with E-state index in [1.165, 1.54) is 19.4 Å². The molecular formula is C11H14N2O5. The van der Waals surface area contributed by atoms with Gasteiger partial charge in [-0.05, 0) is 6.92 Å². The van der Waals surface area contributed by atoms with Crippen LogP contribution in [-0.4, -0.2) is 40.2 Å². The van der Waals surface area contributed by atoms with Gasteiger partial charge in [0.15, 0.2) is 17.2 Å². The highest BCUT2D eigenvalue weighted by Crippen LogP contribution is 2.27. The molecule has 0 aliphatic heterocycles. The zero-order valence-corrected chi connectivity index (χ0v) is 10.0. The Morgan fingerprint density at radius 1 is 1.56 bits per heavy atom. The summed E-state index contributed by atoms with van der Waals surface area (Å²) in [7, 11) is 1.35. The fourth-order valence-electron chi connectivity index (χ4n) is 1.37. The topological polar surface area (TPSA) is 109 Å². The molecule has 0 saturated carbocycles. The molecule has 0 aliphatic rings. The van der Waals surface area contributed by atoms with Crippen LogP contribution in [0.2, 0.25) is 0 Å². The highest BCUT2D eigenvalue weighted by atomic mass is 16.5. The maximum absolute atomic E-state index is 11.7. The molecule has 7 nitrogen and oxygen atoms in total. The first-order chi connectivity index (χ1) is 8.45. The molecular weight excluding hydrogens is 240 g/mol. The number of aliphatic carboxylic acids is 1. The van der Waals surface area contributed by atoms with Crippen LogP contribution in [-0.2, 0) is 4.79 Å². The van der Waals surface area contributed by atoms with E-state index in [-0.39, 0.29) is 23.6 Å². The molecule has 1 atom stereocenters. The van der Waals surface area contributed by atoms with Gasteiger partial charge in [0.25, 0.3) is 5.91 Å². The number of hydrogen-bond donors (Lipinski definition) is 3. The van der Waals surface area contributed by atoms with E-state index in [0.29, 0.717) is 0 Å². The van der Waals surface area contributed by atoms with Crippen molar-refractivity contribution in [3.63, 3.8) is 0 Å². The van der Waals surface area contributed by atoms with Gasteiger partial charge in [-0.1, -0.05) is 0 Å². The summed E-state index contributed by atoms with van der Waals surface area (Å²) in [5.41, 5.74) is -0.202. The fraction of sp³-hybridized carbons (Fsp3) is 0.364. The van der Waals surface area contributed by atoms with Gasteiger partial charge in [0, 0.05) is 18.3 Å². The molecule has 1 aromatic heterocycles. The number of ether oxygens (including phenoxy) is 1. The van der Waals surface area contributed by atoms with E-state index in [4.69, 9.17) is 9.84 Å². The van der Waals surface area contributed by atoms with E-state index >= 15 is 0 Å². The van der Waals surface area contributed by atoms with Crippen LogP contribution < -0.4 is 10.1 Å². The molecule has 0 unspecified atom stereocenters. The molecule has 3 N–H and O–H groups in total. The molecule has 98 valence electrons. The number of pyridine rings is 1. The normalized spacial score (nSPS) is 11.7. The predicted octanol–water partition coefficient (Wildman–Crippen LogP) is 0.389. The highest BCUT2D eigenvalue weighted by Gasteiger charge is 2.19. The van der Waals surface area contributed by atoms with Crippen molar-refractivity contribution >= 4 is 11.9 Å². The Morgan fingerprint density at radius 2 is 2.22 bits per heavy atom. The quantitative estimate of drug-likeness (QED) is 0.701. The molecule has 1 heterocycles. The molecule has 0 aromatic carbocycles. The summed E-state index contributed by atoms with van der Waals surface area (Å²) in [6, 6.07) is 0.842. The van der Waals surface area contributed by atoms with Crippen molar-refractivity contribution in [2.24, 2.45) is 0 Å². The lowest BCUT2D eigenvalue weighted by Gasteiger charge is -2.12. The second kappa shape index (κ2) is 5.85. The van der Waals surface area contributed by atoms with Crippen LogP contribution in [0.3, 0.4) is 0 Å². The van der Waals surface area contributed by atoms with Crippen LogP contribution in [0.1, 0.15) is 23.8 Å². The van der Waals surface area contributed by atoms with E-state index < -0.39 is 17.9 Å². The molecule has 18 heavy (non-hydrogen) atoms. The fourth-order valence-corrected chi connectivity index (χ4v) is 1.37. The molecule has 0 radical (unpaired) electrons. The summed E-state index contributed by atoms with van der Waals surface area (Å²) >= 11 is 0. The van der Waals surface area contributed by atoms with Gasteiger partial charge in [0.2, 0.25) is 0 Å². The number of amides is 1. The lowest BCUT2D eigenvalue weighted by molar-refractivity contribution is -0.137. The number of rotatable bonds is 5. The van der Waals surface area contributed by atoms with E-state index in [0.717, 1.165) is 0 Å². The average Bonchev–Trinajstić information content (AvgIpc) is 2.27. The first-order valence-corrected chi connectivity index (χ1v) is 5.20. The zero-order valence-electron chi connectivity index (χ0n) is 10.0. The Morgan fingerprint density at radius 3 is 2.78 bits per heavy atom. The molecule has 1 aromatic rings. The molecule has 1 rings (SSSR count). The minimum absolute atomic E-state index is 0.126. The number of nitrogens with one attached hydrogen (secondary N) is 1. The highest BCUT2D eigenvalue weighted by molar-refractivity contribution is 5.95. The van der Waals surface area contributed by atoms with Crippen LogP contribution >= 0.6 is 0 Å². The second-order valence-corrected chi connectivity index (χ2v) is 3.68. The summed E-state index contributed by atoms with van der Waals surface area (Å²) < 4.78 is 4.84. The summed E-state index contributed by atoms with van der Waals surface area (Å²) in [4.78, 5) is 25.9. The van der Waals surface area contributed by atoms with E-state index in [1.54, 1.807) is 6.92 Å². The predicted molar refractivity (Wildman–Crippen MR) is 61.6 cm³/mol.